The minimum absolute atomic E-state index is 0.00866. The van der Waals surface area contributed by atoms with Crippen molar-refractivity contribution in [3.8, 4) is 5.88 Å². The van der Waals surface area contributed by atoms with Crippen LogP contribution in [0.3, 0.4) is 0 Å². The van der Waals surface area contributed by atoms with Crippen LogP contribution in [0.4, 0.5) is 4.79 Å². The molecule has 2 aromatic carbocycles. The average molecular weight is 701 g/mol. The second kappa shape index (κ2) is 13.0. The van der Waals surface area contributed by atoms with E-state index in [0.29, 0.717) is 65.7 Å². The van der Waals surface area contributed by atoms with E-state index in [1.165, 1.54) is 6.26 Å². The number of nitrogens with zero attached hydrogens (tertiary/aromatic N) is 5. The molecule has 0 spiro atoms. The van der Waals surface area contributed by atoms with Crippen molar-refractivity contribution in [2.75, 3.05) is 31.7 Å². The topological polar surface area (TPSA) is 105 Å². The quantitative estimate of drug-likeness (QED) is 0.257. The molecule has 2 amide bonds. The zero-order valence-corrected chi connectivity index (χ0v) is 30.4. The number of ether oxygens (including phenoxy) is 1. The number of hydrogen-bond acceptors (Lipinski definition) is 7. The highest BCUT2D eigenvalue weighted by Crippen LogP contribution is 2.54. The summed E-state index contributed by atoms with van der Waals surface area (Å²) in [6, 6.07) is 14.7. The number of hydrogen-bond donors (Lipinski definition) is 0. The third-order valence-electron chi connectivity index (χ3n) is 9.31. The van der Waals surface area contributed by atoms with E-state index in [2.05, 4.69) is 0 Å². The van der Waals surface area contributed by atoms with Crippen LogP contribution in [0.25, 0.3) is 0 Å². The lowest BCUT2D eigenvalue weighted by molar-refractivity contribution is 0.0980. The van der Waals surface area contributed by atoms with Gasteiger partial charge in [-0.3, -0.25) is 9.89 Å². The summed E-state index contributed by atoms with van der Waals surface area (Å²) < 4.78 is 30.2. The van der Waals surface area contributed by atoms with Gasteiger partial charge < -0.3 is 9.64 Å². The number of carbonyl (C=O) groups excluding carboxylic acids is 1. The molecule has 9 nitrogen and oxygen atoms in total. The first-order valence-electron chi connectivity index (χ1n) is 15.9. The molecule has 0 N–H and O–H groups in total. The fourth-order valence-corrected chi connectivity index (χ4v) is 8.00. The monoisotopic (exact) mass is 699 g/mol. The molecule has 12 heteroatoms. The van der Waals surface area contributed by atoms with Gasteiger partial charge in [0.05, 0.1) is 17.9 Å². The van der Waals surface area contributed by atoms with Crippen LogP contribution in [0.5, 0.6) is 5.88 Å². The molecule has 5 rings (SSSR count). The molecule has 2 aliphatic heterocycles. The second-order valence-electron chi connectivity index (χ2n) is 13.8. The summed E-state index contributed by atoms with van der Waals surface area (Å²) in [4.78, 5) is 33.6. The van der Waals surface area contributed by atoms with Crippen LogP contribution in [0.15, 0.2) is 59.7 Å². The summed E-state index contributed by atoms with van der Waals surface area (Å²) in [6.07, 6.45) is 4.12. The first-order valence-corrected chi connectivity index (χ1v) is 18.7. The molecule has 0 aliphatic carbocycles. The number of aliphatic imine (C=N–C) groups is 1. The summed E-state index contributed by atoms with van der Waals surface area (Å²) in [5, 5.41) is 1.16. The van der Waals surface area contributed by atoms with Gasteiger partial charge in [-0.1, -0.05) is 68.2 Å². The van der Waals surface area contributed by atoms with Crippen molar-refractivity contribution < 1.29 is 17.9 Å². The van der Waals surface area contributed by atoms with Crippen LogP contribution >= 0.6 is 23.2 Å². The number of urea groups is 1. The van der Waals surface area contributed by atoms with Gasteiger partial charge in [-0.05, 0) is 74.9 Å². The predicted octanol–water partition coefficient (Wildman–Crippen LogP) is 7.25. The summed E-state index contributed by atoms with van der Waals surface area (Å²) in [6.45, 7) is 13.2. The third-order valence-corrected chi connectivity index (χ3v) is 10.9. The SMILES string of the molecule is CCOc1nc(C(C)(C)C)ncc1C1=N[C@@](C)(c2ccc(Cl)cc2)[C@@](C)(c2ccc(Cl)cc2)N1C(=O)N1CCC(CS(C)(=O)=O)CC1. The van der Waals surface area contributed by atoms with E-state index in [9.17, 15) is 8.42 Å². The number of halogens is 2. The summed E-state index contributed by atoms with van der Waals surface area (Å²) in [5.74, 6) is 1.43. The van der Waals surface area contributed by atoms with E-state index in [1.54, 1.807) is 16.0 Å². The van der Waals surface area contributed by atoms with Crippen molar-refractivity contribution in [3.63, 3.8) is 0 Å². The molecule has 0 bridgehead atoms. The molecule has 1 saturated heterocycles. The number of likely N-dealkylation sites (tertiary alicyclic amines) is 1. The third kappa shape index (κ3) is 6.87. The molecule has 2 atom stereocenters. The number of rotatable bonds is 7. The second-order valence-corrected chi connectivity index (χ2v) is 16.9. The van der Waals surface area contributed by atoms with E-state index in [4.69, 9.17) is 42.9 Å². The van der Waals surface area contributed by atoms with Crippen molar-refractivity contribution in [2.24, 2.45) is 10.9 Å². The van der Waals surface area contributed by atoms with Gasteiger partial charge in [0, 0.05) is 41.0 Å². The molecular formula is C35H43Cl2N5O4S. The van der Waals surface area contributed by atoms with Gasteiger partial charge >= 0.3 is 6.03 Å². The molecule has 1 fully saturated rings. The van der Waals surface area contributed by atoms with Crippen molar-refractivity contribution in [2.45, 2.75) is 70.9 Å². The van der Waals surface area contributed by atoms with Gasteiger partial charge in [-0.15, -0.1) is 0 Å². The molecule has 3 heterocycles. The minimum atomic E-state index is -3.13. The van der Waals surface area contributed by atoms with Crippen LogP contribution in [0.2, 0.25) is 10.0 Å². The van der Waals surface area contributed by atoms with Gasteiger partial charge in [0.2, 0.25) is 5.88 Å². The van der Waals surface area contributed by atoms with Crippen LogP contribution in [0, 0.1) is 5.92 Å². The van der Waals surface area contributed by atoms with Crippen molar-refractivity contribution in [1.29, 1.82) is 0 Å². The lowest BCUT2D eigenvalue weighted by Crippen LogP contribution is -2.59. The molecule has 0 unspecified atom stereocenters. The zero-order valence-electron chi connectivity index (χ0n) is 28.0. The highest BCUT2D eigenvalue weighted by atomic mass is 35.5. The standard InChI is InChI=1S/C35H43Cl2N5O4S/c1-8-46-30-28(21-38-31(39-30)33(2,3)4)29-40-34(5,24-9-13-26(36)14-10-24)35(6,25-11-15-27(37)16-12-25)42(29)32(43)41-19-17-23(18-20-41)22-47(7,44)45/h9-16,21,23H,8,17-20,22H2,1-7H3/t34-,35+/m0/s1. The first-order chi connectivity index (χ1) is 22.0. The lowest BCUT2D eigenvalue weighted by atomic mass is 9.71. The number of benzene rings is 2. The number of amidine groups is 1. The average Bonchev–Trinajstić information content (AvgIpc) is 3.24. The molecule has 252 valence electrons. The van der Waals surface area contributed by atoms with E-state index in [-0.39, 0.29) is 23.1 Å². The van der Waals surface area contributed by atoms with E-state index >= 15 is 4.79 Å². The normalized spacial score (nSPS) is 22.4. The molecule has 47 heavy (non-hydrogen) atoms. The van der Waals surface area contributed by atoms with Crippen molar-refractivity contribution >= 4 is 44.9 Å². The number of piperidine rings is 1. The Balaban J connectivity index is 1.72. The smallest absolute Gasteiger partial charge is 0.326 e. The van der Waals surface area contributed by atoms with E-state index in [1.807, 2.05) is 90.1 Å². The van der Waals surface area contributed by atoms with E-state index < -0.39 is 20.9 Å². The Kier molecular flexibility index (Phi) is 9.72. The largest absolute Gasteiger partial charge is 0.477 e. The lowest BCUT2D eigenvalue weighted by Gasteiger charge is -2.47. The van der Waals surface area contributed by atoms with E-state index in [0.717, 1.165) is 11.1 Å². The number of carbonyl (C=O) groups is 1. The molecular weight excluding hydrogens is 657 g/mol. The van der Waals surface area contributed by atoms with Crippen LogP contribution < -0.4 is 4.74 Å². The maximum atomic E-state index is 15.0. The van der Waals surface area contributed by atoms with Gasteiger partial charge in [-0.25, -0.2) is 18.2 Å². The maximum absolute atomic E-state index is 15.0. The molecule has 3 aromatic rings. The Morgan fingerprint density at radius 3 is 2.04 bits per heavy atom. The molecule has 2 aliphatic rings. The van der Waals surface area contributed by atoms with Gasteiger partial charge in [-0.2, -0.15) is 4.98 Å². The summed E-state index contributed by atoms with van der Waals surface area (Å²) >= 11 is 12.7. The Morgan fingerprint density at radius 2 is 1.53 bits per heavy atom. The van der Waals surface area contributed by atoms with Gasteiger partial charge in [0.15, 0.2) is 0 Å². The Morgan fingerprint density at radius 1 is 0.979 bits per heavy atom. The fourth-order valence-electron chi connectivity index (χ4n) is 6.56. The Hall–Kier alpha value is -3.21. The predicted molar refractivity (Wildman–Crippen MR) is 187 cm³/mol. The van der Waals surface area contributed by atoms with Crippen LogP contribution in [0.1, 0.15) is 76.9 Å². The van der Waals surface area contributed by atoms with Crippen molar-refractivity contribution in [1.82, 2.24) is 19.8 Å². The number of amides is 2. The molecule has 0 saturated carbocycles. The zero-order chi connectivity index (χ0) is 34.4. The molecule has 0 radical (unpaired) electrons. The minimum Gasteiger partial charge on any atom is -0.477 e. The van der Waals surface area contributed by atoms with Crippen LogP contribution in [-0.2, 0) is 26.3 Å². The van der Waals surface area contributed by atoms with Gasteiger partial charge in [0.1, 0.15) is 32.6 Å². The first kappa shape index (κ1) is 35.1. The maximum Gasteiger partial charge on any atom is 0.326 e. The van der Waals surface area contributed by atoms with Gasteiger partial charge in [0.25, 0.3) is 0 Å². The summed E-state index contributed by atoms with van der Waals surface area (Å²) in [7, 11) is -3.13. The van der Waals surface area contributed by atoms with Crippen LogP contribution in [-0.4, -0.2) is 71.8 Å². The number of sulfone groups is 1. The molecule has 1 aromatic heterocycles. The number of aromatic nitrogens is 2. The Bertz CT molecular complexity index is 1770. The van der Waals surface area contributed by atoms with Crippen molar-refractivity contribution in [3.05, 3.63) is 87.3 Å². The fraction of sp³-hybridized carbons (Fsp3) is 0.486. The highest BCUT2D eigenvalue weighted by molar-refractivity contribution is 7.90. The Labute approximate surface area is 288 Å². The summed E-state index contributed by atoms with van der Waals surface area (Å²) in [5.41, 5.74) is -0.264. The highest BCUT2D eigenvalue weighted by Gasteiger charge is 2.60.